The highest BCUT2D eigenvalue weighted by Crippen LogP contribution is 2.25. The molecule has 1 aromatic rings. The number of halogens is 1. The Bertz CT molecular complexity index is 529. The predicted molar refractivity (Wildman–Crippen MR) is 88.7 cm³/mol. The quantitative estimate of drug-likeness (QED) is 0.797. The molecule has 1 aliphatic carbocycles. The van der Waals surface area contributed by atoms with Crippen molar-refractivity contribution >= 4 is 27.8 Å². The molecule has 0 radical (unpaired) electrons. The Labute approximate surface area is 139 Å². The molecular weight excluding hydrogens is 346 g/mol. The summed E-state index contributed by atoms with van der Waals surface area (Å²) in [6.45, 7) is 1.85. The van der Waals surface area contributed by atoms with Gasteiger partial charge in [-0.2, -0.15) is 0 Å². The summed E-state index contributed by atoms with van der Waals surface area (Å²) in [6, 6.07) is 7.38. The molecule has 22 heavy (non-hydrogen) atoms. The van der Waals surface area contributed by atoms with E-state index in [1.165, 1.54) is 0 Å². The number of aliphatic carboxylic acids is 1. The summed E-state index contributed by atoms with van der Waals surface area (Å²) in [4.78, 5) is 23.9. The van der Waals surface area contributed by atoms with E-state index in [0.717, 1.165) is 35.7 Å². The molecule has 2 rings (SSSR count). The van der Waals surface area contributed by atoms with Crippen LogP contribution in [0.3, 0.4) is 0 Å². The van der Waals surface area contributed by atoms with Crippen molar-refractivity contribution in [2.45, 2.75) is 51.0 Å². The second kappa shape index (κ2) is 7.77. The van der Waals surface area contributed by atoms with Crippen LogP contribution >= 0.6 is 15.9 Å². The van der Waals surface area contributed by atoms with Crippen molar-refractivity contribution in [3.63, 3.8) is 0 Å². The summed E-state index contributed by atoms with van der Waals surface area (Å²) in [5.74, 6) is -1.65. The van der Waals surface area contributed by atoms with Gasteiger partial charge in [0.25, 0.3) is 0 Å². The molecule has 0 saturated heterocycles. The minimum atomic E-state index is -0.802. The lowest BCUT2D eigenvalue weighted by Gasteiger charge is -2.24. The highest BCUT2D eigenvalue weighted by molar-refractivity contribution is 9.10. The van der Waals surface area contributed by atoms with Crippen molar-refractivity contribution in [3.05, 3.63) is 34.3 Å². The van der Waals surface area contributed by atoms with Crippen molar-refractivity contribution in [2.75, 3.05) is 0 Å². The van der Waals surface area contributed by atoms with Crippen molar-refractivity contribution in [2.24, 2.45) is 5.92 Å². The lowest BCUT2D eigenvalue weighted by atomic mass is 9.93. The van der Waals surface area contributed by atoms with Crippen LogP contribution in [-0.4, -0.2) is 23.0 Å². The predicted octanol–water partition coefficient (Wildman–Crippen LogP) is 3.70. The molecule has 120 valence electrons. The largest absolute Gasteiger partial charge is 0.481 e. The minimum Gasteiger partial charge on any atom is -0.481 e. The van der Waals surface area contributed by atoms with Gasteiger partial charge in [0.2, 0.25) is 5.91 Å². The summed E-state index contributed by atoms with van der Waals surface area (Å²) < 4.78 is 0.971. The normalized spacial score (nSPS) is 23.4. The lowest BCUT2D eigenvalue weighted by molar-refractivity contribution is -0.143. The Morgan fingerprint density at radius 2 is 1.82 bits per heavy atom. The number of amides is 1. The second-order valence-corrected chi connectivity index (χ2v) is 6.89. The van der Waals surface area contributed by atoms with Crippen LogP contribution in [0.5, 0.6) is 0 Å². The van der Waals surface area contributed by atoms with Crippen LogP contribution in [0.4, 0.5) is 0 Å². The Kier molecular flexibility index (Phi) is 6.00. The van der Waals surface area contributed by atoms with E-state index >= 15 is 0 Å². The molecule has 1 amide bonds. The molecule has 1 aromatic carbocycles. The third kappa shape index (κ3) is 4.32. The zero-order chi connectivity index (χ0) is 16.1. The molecule has 0 bridgehead atoms. The van der Waals surface area contributed by atoms with Crippen LogP contribution < -0.4 is 5.32 Å². The van der Waals surface area contributed by atoms with E-state index in [2.05, 4.69) is 21.2 Å². The molecule has 1 unspecified atom stereocenters. The third-order valence-corrected chi connectivity index (χ3v) is 4.95. The highest BCUT2D eigenvalue weighted by Gasteiger charge is 2.31. The molecule has 0 aliphatic heterocycles. The number of rotatable bonds is 4. The smallest absolute Gasteiger partial charge is 0.308 e. The molecule has 0 aromatic heterocycles. The molecule has 1 fully saturated rings. The Hall–Kier alpha value is -1.36. The number of hydrogen-bond acceptors (Lipinski definition) is 2. The van der Waals surface area contributed by atoms with Crippen LogP contribution in [0.2, 0.25) is 0 Å². The molecule has 4 nitrogen and oxygen atoms in total. The number of nitrogens with one attached hydrogen (secondary N) is 1. The van der Waals surface area contributed by atoms with Gasteiger partial charge in [-0.15, -0.1) is 0 Å². The van der Waals surface area contributed by atoms with Crippen LogP contribution in [0.1, 0.15) is 50.5 Å². The summed E-state index contributed by atoms with van der Waals surface area (Å²) in [5, 5.41) is 12.3. The van der Waals surface area contributed by atoms with Gasteiger partial charge < -0.3 is 10.4 Å². The molecule has 0 spiro atoms. The van der Waals surface area contributed by atoms with Gasteiger partial charge in [0.05, 0.1) is 11.8 Å². The van der Waals surface area contributed by atoms with E-state index in [-0.39, 0.29) is 17.9 Å². The van der Waals surface area contributed by atoms with E-state index in [1.54, 1.807) is 0 Å². The Balaban J connectivity index is 2.05. The molecule has 5 heteroatoms. The van der Waals surface area contributed by atoms with E-state index in [1.807, 2.05) is 31.2 Å². The maximum Gasteiger partial charge on any atom is 0.308 e. The van der Waals surface area contributed by atoms with Gasteiger partial charge in [-0.05, 0) is 37.5 Å². The standard InChI is InChI=1S/C17H22BrNO3/c1-11(12-7-9-13(18)10-8-12)16(20)19-15-6-4-2-3-5-14(15)17(21)22/h7-11,14-15H,2-6H2,1H3,(H,19,20)(H,21,22)/t11?,14-,15+/m1/s1. The third-order valence-electron chi connectivity index (χ3n) is 4.42. The van der Waals surface area contributed by atoms with Gasteiger partial charge in [-0.3, -0.25) is 9.59 Å². The number of benzene rings is 1. The molecule has 3 atom stereocenters. The van der Waals surface area contributed by atoms with Crippen molar-refractivity contribution < 1.29 is 14.7 Å². The molecule has 1 aliphatic rings. The fourth-order valence-corrected chi connectivity index (χ4v) is 3.25. The average Bonchev–Trinajstić information content (AvgIpc) is 2.72. The van der Waals surface area contributed by atoms with E-state index in [4.69, 9.17) is 0 Å². The van der Waals surface area contributed by atoms with Gasteiger partial charge >= 0.3 is 5.97 Å². The summed E-state index contributed by atoms with van der Waals surface area (Å²) in [5.41, 5.74) is 0.932. The monoisotopic (exact) mass is 367 g/mol. The van der Waals surface area contributed by atoms with Crippen molar-refractivity contribution in [1.29, 1.82) is 0 Å². The van der Waals surface area contributed by atoms with E-state index in [9.17, 15) is 14.7 Å². The van der Waals surface area contributed by atoms with Gasteiger partial charge in [0.1, 0.15) is 0 Å². The Morgan fingerprint density at radius 3 is 2.45 bits per heavy atom. The zero-order valence-corrected chi connectivity index (χ0v) is 14.3. The van der Waals surface area contributed by atoms with E-state index < -0.39 is 11.9 Å². The zero-order valence-electron chi connectivity index (χ0n) is 12.7. The fourth-order valence-electron chi connectivity index (χ4n) is 2.99. The van der Waals surface area contributed by atoms with E-state index in [0.29, 0.717) is 6.42 Å². The second-order valence-electron chi connectivity index (χ2n) is 5.97. The first-order valence-corrected chi connectivity index (χ1v) is 8.57. The van der Waals surface area contributed by atoms with Crippen LogP contribution in [0.15, 0.2) is 28.7 Å². The number of carboxylic acid groups (broad SMARTS) is 1. The first-order chi connectivity index (χ1) is 10.5. The van der Waals surface area contributed by atoms with Gasteiger partial charge in [0, 0.05) is 10.5 Å². The van der Waals surface area contributed by atoms with Crippen LogP contribution in [-0.2, 0) is 9.59 Å². The minimum absolute atomic E-state index is 0.0968. The van der Waals surface area contributed by atoms with Gasteiger partial charge in [-0.1, -0.05) is 47.3 Å². The number of carbonyl (C=O) groups excluding carboxylic acids is 1. The number of carboxylic acids is 1. The highest BCUT2D eigenvalue weighted by atomic mass is 79.9. The van der Waals surface area contributed by atoms with Crippen LogP contribution in [0, 0.1) is 5.92 Å². The first-order valence-electron chi connectivity index (χ1n) is 7.77. The summed E-state index contributed by atoms with van der Waals surface area (Å²) in [7, 11) is 0. The lowest BCUT2D eigenvalue weighted by Crippen LogP contribution is -2.44. The maximum absolute atomic E-state index is 12.5. The van der Waals surface area contributed by atoms with Crippen LogP contribution in [0.25, 0.3) is 0 Å². The van der Waals surface area contributed by atoms with Gasteiger partial charge in [0.15, 0.2) is 0 Å². The molecule has 1 saturated carbocycles. The SMILES string of the molecule is CC(C(=O)N[C@H]1CCCCC[C@H]1C(=O)O)c1ccc(Br)cc1. The molecule has 0 heterocycles. The Morgan fingerprint density at radius 1 is 1.18 bits per heavy atom. The summed E-state index contributed by atoms with van der Waals surface area (Å²) in [6.07, 6.45) is 4.33. The van der Waals surface area contributed by atoms with Crippen molar-refractivity contribution in [1.82, 2.24) is 5.32 Å². The number of hydrogen-bond donors (Lipinski definition) is 2. The average molecular weight is 368 g/mol. The summed E-state index contributed by atoms with van der Waals surface area (Å²) >= 11 is 3.38. The number of carbonyl (C=O) groups is 2. The molecule has 2 N–H and O–H groups in total. The molecular formula is C17H22BrNO3. The van der Waals surface area contributed by atoms with Crippen molar-refractivity contribution in [3.8, 4) is 0 Å². The topological polar surface area (TPSA) is 66.4 Å². The fraction of sp³-hybridized carbons (Fsp3) is 0.529. The van der Waals surface area contributed by atoms with Gasteiger partial charge in [-0.25, -0.2) is 0 Å². The maximum atomic E-state index is 12.5. The first kappa shape index (κ1) is 17.0.